The molecule has 0 aromatic carbocycles. The molecule has 2 atom stereocenters. The average molecular weight is 295 g/mol. The molecule has 0 saturated heterocycles. The minimum absolute atomic E-state index is 0.00929. The van der Waals surface area contributed by atoms with Crippen LogP contribution in [0.4, 0.5) is 0 Å². The molecule has 0 aromatic heterocycles. The van der Waals surface area contributed by atoms with Crippen LogP contribution >= 0.6 is 0 Å². The van der Waals surface area contributed by atoms with Crippen molar-refractivity contribution in [3.8, 4) is 0 Å². The van der Waals surface area contributed by atoms with Gasteiger partial charge in [-0.1, -0.05) is 25.7 Å². The third kappa shape index (κ3) is 4.20. The van der Waals surface area contributed by atoms with Crippen LogP contribution < -0.4 is 5.32 Å². The van der Waals surface area contributed by atoms with Crippen molar-refractivity contribution in [3.05, 3.63) is 0 Å². The van der Waals surface area contributed by atoms with E-state index in [4.69, 9.17) is 4.74 Å². The zero-order chi connectivity index (χ0) is 14.5. The predicted molar refractivity (Wildman–Crippen MR) is 85.3 cm³/mol. The summed E-state index contributed by atoms with van der Waals surface area (Å²) in [6, 6.07) is 0.681. The molecule has 3 aliphatic rings. The number of rotatable bonds is 8. The lowest BCUT2D eigenvalue weighted by Crippen LogP contribution is -2.52. The topological polar surface area (TPSA) is 41.5 Å². The molecule has 2 unspecified atom stereocenters. The van der Waals surface area contributed by atoms with Gasteiger partial charge in [0, 0.05) is 24.8 Å². The Labute approximate surface area is 129 Å². The molecule has 3 aliphatic carbocycles. The van der Waals surface area contributed by atoms with Crippen LogP contribution in [-0.4, -0.2) is 36.5 Å². The maximum Gasteiger partial charge on any atom is 0.0616 e. The van der Waals surface area contributed by atoms with Crippen molar-refractivity contribution in [3.63, 3.8) is 0 Å². The van der Waals surface area contributed by atoms with Crippen molar-refractivity contribution >= 4 is 0 Å². The fourth-order valence-electron chi connectivity index (χ4n) is 4.47. The Hall–Kier alpha value is -0.120. The maximum atomic E-state index is 9.92. The van der Waals surface area contributed by atoms with Gasteiger partial charge in [0.25, 0.3) is 0 Å². The summed E-state index contributed by atoms with van der Waals surface area (Å²) in [4.78, 5) is 0. The fraction of sp³-hybridized carbons (Fsp3) is 1.00. The number of aliphatic hydroxyl groups is 1. The number of hydrogen-bond acceptors (Lipinski definition) is 3. The van der Waals surface area contributed by atoms with Gasteiger partial charge in [0.2, 0.25) is 0 Å². The first kappa shape index (κ1) is 15.8. The third-order valence-electron chi connectivity index (χ3n) is 6.00. The summed E-state index contributed by atoms with van der Waals surface area (Å²) in [6.07, 6.45) is 14.3. The lowest BCUT2D eigenvalue weighted by molar-refractivity contribution is 0.0553. The summed E-state index contributed by atoms with van der Waals surface area (Å²) >= 11 is 0. The zero-order valence-corrected chi connectivity index (χ0v) is 13.5. The highest BCUT2D eigenvalue weighted by Crippen LogP contribution is 2.40. The van der Waals surface area contributed by atoms with Crippen molar-refractivity contribution in [1.82, 2.24) is 5.32 Å². The second-order valence-electron chi connectivity index (χ2n) is 7.69. The second-order valence-corrected chi connectivity index (χ2v) is 7.69. The lowest BCUT2D eigenvalue weighted by Gasteiger charge is -2.35. The highest BCUT2D eigenvalue weighted by molar-refractivity contribution is 5.02. The normalized spacial score (nSPS) is 34.4. The van der Waals surface area contributed by atoms with E-state index in [1.54, 1.807) is 0 Å². The first-order chi connectivity index (χ1) is 10.3. The second kappa shape index (κ2) is 7.43. The first-order valence-corrected chi connectivity index (χ1v) is 9.29. The van der Waals surface area contributed by atoms with Crippen molar-refractivity contribution in [1.29, 1.82) is 0 Å². The Bertz CT molecular complexity index is 312. The molecule has 0 aliphatic heterocycles. The summed E-state index contributed by atoms with van der Waals surface area (Å²) in [6.45, 7) is 2.15. The van der Waals surface area contributed by atoms with Gasteiger partial charge in [-0.15, -0.1) is 0 Å². The molecule has 3 saturated carbocycles. The van der Waals surface area contributed by atoms with E-state index in [0.29, 0.717) is 18.6 Å². The molecular formula is C18H33NO2. The van der Waals surface area contributed by atoms with Crippen molar-refractivity contribution in [2.24, 2.45) is 11.8 Å². The lowest BCUT2D eigenvalue weighted by atomic mass is 9.85. The van der Waals surface area contributed by atoms with Gasteiger partial charge >= 0.3 is 0 Å². The average Bonchev–Trinajstić information content (AvgIpc) is 3.24. The van der Waals surface area contributed by atoms with E-state index in [1.807, 2.05) is 0 Å². The summed E-state index contributed by atoms with van der Waals surface area (Å²) in [5, 5.41) is 13.7. The minimum Gasteiger partial charge on any atom is -0.394 e. The van der Waals surface area contributed by atoms with Crippen molar-refractivity contribution in [2.45, 2.75) is 82.2 Å². The quantitative estimate of drug-likeness (QED) is 0.675. The van der Waals surface area contributed by atoms with Gasteiger partial charge < -0.3 is 15.2 Å². The Balaban J connectivity index is 1.38. The Kier molecular flexibility index (Phi) is 5.58. The molecule has 21 heavy (non-hydrogen) atoms. The SMILES string of the molecule is OCC1(NC2CC2)CCCC1CCOCC1CCCCC1. The fourth-order valence-corrected chi connectivity index (χ4v) is 4.47. The molecule has 3 fully saturated rings. The number of nitrogens with one attached hydrogen (secondary N) is 1. The van der Waals surface area contributed by atoms with Gasteiger partial charge in [0.15, 0.2) is 0 Å². The Morgan fingerprint density at radius 2 is 1.81 bits per heavy atom. The smallest absolute Gasteiger partial charge is 0.0616 e. The van der Waals surface area contributed by atoms with Crippen LogP contribution in [0.2, 0.25) is 0 Å². The highest BCUT2D eigenvalue weighted by atomic mass is 16.5. The molecule has 0 aromatic rings. The van der Waals surface area contributed by atoms with Crippen molar-refractivity contribution < 1.29 is 9.84 Å². The molecule has 0 amide bonds. The predicted octanol–water partition coefficient (Wildman–Crippen LogP) is 3.26. The van der Waals surface area contributed by atoms with Crippen LogP contribution in [0.15, 0.2) is 0 Å². The van der Waals surface area contributed by atoms with Crippen LogP contribution in [0.1, 0.15) is 70.6 Å². The van der Waals surface area contributed by atoms with E-state index in [1.165, 1.54) is 57.8 Å². The molecule has 0 radical (unpaired) electrons. The van der Waals surface area contributed by atoms with Crippen LogP contribution in [0, 0.1) is 11.8 Å². The maximum absolute atomic E-state index is 9.92. The first-order valence-electron chi connectivity index (χ1n) is 9.29. The van der Waals surface area contributed by atoms with E-state index >= 15 is 0 Å². The van der Waals surface area contributed by atoms with Gasteiger partial charge in [-0.2, -0.15) is 0 Å². The summed E-state index contributed by atoms with van der Waals surface area (Å²) in [5.41, 5.74) is 0.00929. The minimum atomic E-state index is 0.00929. The zero-order valence-electron chi connectivity index (χ0n) is 13.5. The summed E-state index contributed by atoms with van der Waals surface area (Å²) in [7, 11) is 0. The van der Waals surface area contributed by atoms with Crippen LogP contribution in [0.5, 0.6) is 0 Å². The number of ether oxygens (including phenoxy) is 1. The number of hydrogen-bond donors (Lipinski definition) is 2. The molecule has 3 nitrogen and oxygen atoms in total. The van der Waals surface area contributed by atoms with E-state index in [0.717, 1.165) is 32.0 Å². The van der Waals surface area contributed by atoms with Gasteiger partial charge in [0.1, 0.15) is 0 Å². The standard InChI is InChI=1S/C18H33NO2/c20-14-18(19-17-8-9-17)11-4-7-16(18)10-12-21-13-15-5-2-1-3-6-15/h15-17,19-20H,1-14H2. The van der Waals surface area contributed by atoms with Gasteiger partial charge in [-0.3, -0.25) is 0 Å². The Morgan fingerprint density at radius 1 is 1.00 bits per heavy atom. The van der Waals surface area contributed by atoms with Crippen molar-refractivity contribution in [2.75, 3.05) is 19.8 Å². The number of aliphatic hydroxyl groups excluding tert-OH is 1. The van der Waals surface area contributed by atoms with Gasteiger partial charge in [-0.25, -0.2) is 0 Å². The summed E-state index contributed by atoms with van der Waals surface area (Å²) < 4.78 is 5.98. The van der Waals surface area contributed by atoms with Crippen LogP contribution in [-0.2, 0) is 4.74 Å². The molecule has 0 spiro atoms. The van der Waals surface area contributed by atoms with Crippen LogP contribution in [0.25, 0.3) is 0 Å². The van der Waals surface area contributed by atoms with E-state index in [2.05, 4.69) is 5.32 Å². The molecule has 0 heterocycles. The monoisotopic (exact) mass is 295 g/mol. The third-order valence-corrected chi connectivity index (χ3v) is 6.00. The Morgan fingerprint density at radius 3 is 2.52 bits per heavy atom. The molecule has 2 N–H and O–H groups in total. The molecular weight excluding hydrogens is 262 g/mol. The molecule has 3 heteroatoms. The summed E-state index contributed by atoms with van der Waals surface area (Å²) in [5.74, 6) is 1.42. The van der Waals surface area contributed by atoms with Gasteiger partial charge in [0.05, 0.1) is 6.61 Å². The van der Waals surface area contributed by atoms with E-state index in [-0.39, 0.29) is 5.54 Å². The van der Waals surface area contributed by atoms with E-state index in [9.17, 15) is 5.11 Å². The molecule has 122 valence electrons. The molecule has 0 bridgehead atoms. The van der Waals surface area contributed by atoms with E-state index < -0.39 is 0 Å². The highest BCUT2D eigenvalue weighted by Gasteiger charge is 2.44. The molecule has 3 rings (SSSR count). The largest absolute Gasteiger partial charge is 0.394 e. The van der Waals surface area contributed by atoms with Gasteiger partial charge in [-0.05, 0) is 56.8 Å². The van der Waals surface area contributed by atoms with Crippen LogP contribution in [0.3, 0.4) is 0 Å².